The predicted octanol–water partition coefficient (Wildman–Crippen LogP) is 7.04. The first-order valence-corrected chi connectivity index (χ1v) is 12.2. The van der Waals surface area contributed by atoms with Gasteiger partial charge in [0.25, 0.3) is 0 Å². The second-order valence-electron chi connectivity index (χ2n) is 9.24. The van der Waals surface area contributed by atoms with Crippen LogP contribution in [0.5, 0.6) is 0 Å². The highest BCUT2D eigenvalue weighted by molar-refractivity contribution is 5.72. The Balaban J connectivity index is 1.38. The molecule has 0 radical (unpaired) electrons. The molecule has 1 aromatic rings. The number of nitrogens with zero attached hydrogens (tertiary/aromatic N) is 1. The molecule has 0 aliphatic heterocycles. The first-order chi connectivity index (χ1) is 15.2. The van der Waals surface area contributed by atoms with E-state index in [0.717, 1.165) is 51.4 Å². The molecule has 0 unspecified atom stereocenters. The molecule has 0 saturated heterocycles. The molecule has 2 aliphatic carbocycles. The fourth-order valence-electron chi connectivity index (χ4n) is 4.98. The first-order valence-electron chi connectivity index (χ1n) is 12.2. The molecule has 0 bridgehead atoms. The molecule has 0 atom stereocenters. The van der Waals surface area contributed by atoms with Gasteiger partial charge in [-0.2, -0.15) is 5.26 Å². The number of hydrogen-bond acceptors (Lipinski definition) is 3. The van der Waals surface area contributed by atoms with Crippen molar-refractivity contribution >= 4 is 5.97 Å². The van der Waals surface area contributed by atoms with Crippen molar-refractivity contribution in [1.29, 1.82) is 5.26 Å². The third-order valence-electron chi connectivity index (χ3n) is 7.00. The number of aryl methyl sites for hydroxylation is 1. The molecular formula is C28H37NO2. The summed E-state index contributed by atoms with van der Waals surface area (Å²) in [5, 5.41) is 8.52. The minimum Gasteiger partial charge on any atom is -0.462 e. The summed E-state index contributed by atoms with van der Waals surface area (Å²) in [4.78, 5) is 12.7. The van der Waals surface area contributed by atoms with E-state index in [-0.39, 0.29) is 18.0 Å². The van der Waals surface area contributed by atoms with Crippen LogP contribution in [0.4, 0.5) is 0 Å². The molecule has 0 amide bonds. The Morgan fingerprint density at radius 3 is 2.39 bits per heavy atom. The van der Waals surface area contributed by atoms with Crippen LogP contribution in [0.1, 0.15) is 88.2 Å². The molecule has 1 aromatic carbocycles. The molecule has 3 rings (SSSR count). The van der Waals surface area contributed by atoms with Gasteiger partial charge >= 0.3 is 5.97 Å². The lowest BCUT2D eigenvalue weighted by molar-refractivity contribution is -0.157. The first kappa shape index (κ1) is 23.3. The highest BCUT2D eigenvalue weighted by atomic mass is 16.5. The number of carbonyl (C=O) groups excluding carboxylic acids is 1. The van der Waals surface area contributed by atoms with Crippen LogP contribution < -0.4 is 0 Å². The van der Waals surface area contributed by atoms with Crippen molar-refractivity contribution in [2.75, 3.05) is 0 Å². The smallest absolute Gasteiger partial charge is 0.309 e. The zero-order valence-electron chi connectivity index (χ0n) is 19.0. The van der Waals surface area contributed by atoms with Crippen molar-refractivity contribution < 1.29 is 9.53 Å². The monoisotopic (exact) mass is 419 g/mol. The summed E-state index contributed by atoms with van der Waals surface area (Å²) in [7, 11) is 0. The number of esters is 1. The fraction of sp³-hybridized carbons (Fsp3) is 0.571. The average Bonchev–Trinajstić information content (AvgIpc) is 2.82. The normalized spacial score (nSPS) is 26.7. The Hall–Kier alpha value is -2.34. The lowest BCUT2D eigenvalue weighted by atomic mass is 9.78. The van der Waals surface area contributed by atoms with Gasteiger partial charge in [0, 0.05) is 6.08 Å². The molecule has 0 spiro atoms. The molecule has 31 heavy (non-hydrogen) atoms. The lowest BCUT2D eigenvalue weighted by Gasteiger charge is -2.31. The van der Waals surface area contributed by atoms with E-state index in [4.69, 9.17) is 10.00 Å². The Kier molecular flexibility index (Phi) is 9.40. The van der Waals surface area contributed by atoms with E-state index in [0.29, 0.717) is 11.8 Å². The van der Waals surface area contributed by atoms with Gasteiger partial charge in [0.15, 0.2) is 0 Å². The number of unbranched alkanes of at least 4 members (excludes halogenated alkanes) is 1. The SMILES string of the molecule is CCCCc1ccc(C2CCC(C(=O)OC3CCC(/C=C/C=CC#N)CC3)CC2)cc1. The van der Waals surface area contributed by atoms with Gasteiger partial charge in [-0.3, -0.25) is 4.79 Å². The molecule has 2 saturated carbocycles. The van der Waals surface area contributed by atoms with Crippen molar-refractivity contribution in [3.05, 3.63) is 59.7 Å². The lowest BCUT2D eigenvalue weighted by Crippen LogP contribution is -2.29. The molecule has 0 N–H and O–H groups in total. The van der Waals surface area contributed by atoms with E-state index in [1.807, 2.05) is 12.1 Å². The Labute approximate surface area is 188 Å². The number of hydrogen-bond donors (Lipinski definition) is 0. The average molecular weight is 420 g/mol. The van der Waals surface area contributed by atoms with Gasteiger partial charge in [-0.15, -0.1) is 0 Å². The van der Waals surface area contributed by atoms with E-state index in [1.165, 1.54) is 36.5 Å². The molecule has 0 aromatic heterocycles. The molecule has 3 heteroatoms. The van der Waals surface area contributed by atoms with Crippen molar-refractivity contribution in [3.8, 4) is 6.07 Å². The summed E-state index contributed by atoms with van der Waals surface area (Å²) in [5.41, 5.74) is 2.87. The Morgan fingerprint density at radius 1 is 1.03 bits per heavy atom. The third-order valence-corrected chi connectivity index (χ3v) is 7.00. The van der Waals surface area contributed by atoms with E-state index in [9.17, 15) is 4.79 Å². The third kappa shape index (κ3) is 7.39. The van der Waals surface area contributed by atoms with Crippen molar-refractivity contribution in [2.24, 2.45) is 11.8 Å². The molecule has 3 nitrogen and oxygen atoms in total. The highest BCUT2D eigenvalue weighted by Crippen LogP contribution is 2.37. The van der Waals surface area contributed by atoms with Gasteiger partial charge in [-0.25, -0.2) is 0 Å². The highest BCUT2D eigenvalue weighted by Gasteiger charge is 2.30. The summed E-state index contributed by atoms with van der Waals surface area (Å²) < 4.78 is 5.90. The molecule has 166 valence electrons. The fourth-order valence-corrected chi connectivity index (χ4v) is 4.98. The van der Waals surface area contributed by atoms with E-state index in [2.05, 4.69) is 37.3 Å². The van der Waals surface area contributed by atoms with Gasteiger partial charge in [0.1, 0.15) is 6.10 Å². The van der Waals surface area contributed by atoms with Gasteiger partial charge < -0.3 is 4.74 Å². The van der Waals surface area contributed by atoms with Crippen molar-refractivity contribution in [1.82, 2.24) is 0 Å². The van der Waals surface area contributed by atoms with Crippen LogP contribution in [0.2, 0.25) is 0 Å². The summed E-state index contributed by atoms with van der Waals surface area (Å²) in [6.07, 6.45) is 19.2. The van der Waals surface area contributed by atoms with Crippen LogP contribution in [0.15, 0.2) is 48.6 Å². The molecule has 2 aliphatic rings. The van der Waals surface area contributed by atoms with Crippen molar-refractivity contribution in [3.63, 3.8) is 0 Å². The number of ether oxygens (including phenoxy) is 1. The van der Waals surface area contributed by atoms with Gasteiger partial charge in [0.05, 0.1) is 12.0 Å². The van der Waals surface area contributed by atoms with E-state index < -0.39 is 0 Å². The quantitative estimate of drug-likeness (QED) is 0.258. The minimum absolute atomic E-state index is 0.0318. The number of benzene rings is 1. The molecule has 0 heterocycles. The summed E-state index contributed by atoms with van der Waals surface area (Å²) in [6, 6.07) is 11.2. The van der Waals surface area contributed by atoms with Gasteiger partial charge in [-0.1, -0.05) is 55.8 Å². The standard InChI is InChI=1S/C28H37NO2/c1-2-3-7-22-9-13-24(14-10-22)25-15-17-26(18-16-25)28(30)31-27-19-11-23(12-20-27)8-5-4-6-21-29/h4-6,8-10,13-14,23,25-27H,2-3,7,11-12,15-20H2,1H3/b6-4?,8-5+. The van der Waals surface area contributed by atoms with Crippen LogP contribution in [-0.4, -0.2) is 12.1 Å². The van der Waals surface area contributed by atoms with E-state index >= 15 is 0 Å². The van der Waals surface area contributed by atoms with Crippen LogP contribution >= 0.6 is 0 Å². The zero-order valence-corrected chi connectivity index (χ0v) is 19.0. The second kappa shape index (κ2) is 12.5. The summed E-state index contributed by atoms with van der Waals surface area (Å²) in [5.74, 6) is 1.22. The molecule has 2 fully saturated rings. The Morgan fingerprint density at radius 2 is 1.74 bits per heavy atom. The summed E-state index contributed by atoms with van der Waals surface area (Å²) in [6.45, 7) is 2.23. The van der Waals surface area contributed by atoms with Gasteiger partial charge in [-0.05, 0) is 87.2 Å². The summed E-state index contributed by atoms with van der Waals surface area (Å²) >= 11 is 0. The molecular weight excluding hydrogens is 382 g/mol. The number of allylic oxidation sites excluding steroid dienone is 4. The van der Waals surface area contributed by atoms with Crippen LogP contribution in [0.25, 0.3) is 0 Å². The topological polar surface area (TPSA) is 50.1 Å². The second-order valence-corrected chi connectivity index (χ2v) is 9.24. The number of carbonyl (C=O) groups is 1. The van der Waals surface area contributed by atoms with Crippen LogP contribution in [0.3, 0.4) is 0 Å². The van der Waals surface area contributed by atoms with Crippen molar-refractivity contribution in [2.45, 2.75) is 89.6 Å². The maximum Gasteiger partial charge on any atom is 0.309 e. The Bertz CT molecular complexity index is 770. The van der Waals surface area contributed by atoms with Crippen LogP contribution in [0, 0.1) is 23.2 Å². The predicted molar refractivity (Wildman–Crippen MR) is 125 cm³/mol. The number of nitriles is 1. The largest absolute Gasteiger partial charge is 0.462 e. The minimum atomic E-state index is 0.0318. The zero-order chi connectivity index (χ0) is 21.9. The van der Waals surface area contributed by atoms with Crippen LogP contribution in [-0.2, 0) is 16.0 Å². The van der Waals surface area contributed by atoms with E-state index in [1.54, 1.807) is 6.08 Å². The van der Waals surface area contributed by atoms with Gasteiger partial charge in [0.2, 0.25) is 0 Å². The number of rotatable bonds is 8. The maximum absolute atomic E-state index is 12.7. The maximum atomic E-state index is 12.7.